The number of rotatable bonds is 5. The second-order valence-electron chi connectivity index (χ2n) is 4.41. The summed E-state index contributed by atoms with van der Waals surface area (Å²) >= 11 is 5.79. The smallest absolute Gasteiger partial charge is 0.261 e. The zero-order chi connectivity index (χ0) is 15.2. The Morgan fingerprint density at radius 2 is 2.10 bits per heavy atom. The van der Waals surface area contributed by atoms with Crippen molar-refractivity contribution in [3.8, 4) is 0 Å². The molecule has 0 bridgehead atoms. The number of aryl methyl sites for hydroxylation is 1. The first-order valence-electron chi connectivity index (χ1n) is 6.77. The summed E-state index contributed by atoms with van der Waals surface area (Å²) in [5.74, 6) is -0.154. The number of anilines is 1. The van der Waals surface area contributed by atoms with Crippen LogP contribution in [-0.4, -0.2) is 32.6 Å². The fraction of sp³-hybridized carbons (Fsp3) is 0.357. The van der Waals surface area contributed by atoms with Gasteiger partial charge in [-0.05, 0) is 30.5 Å². The first-order valence-corrected chi connectivity index (χ1v) is 7.15. The standard InChI is InChI=1S/C14H16ClN5O/c1-3-7-20(10-5-6-17-18-8-10)13(21)11-9-16-14(15)19-12(11)4-2/h5-6,8-9H,3-4,7H2,1-2H3. The van der Waals surface area contributed by atoms with Crippen LogP contribution in [0.2, 0.25) is 5.28 Å². The van der Waals surface area contributed by atoms with E-state index in [0.29, 0.717) is 29.9 Å². The average Bonchev–Trinajstić information content (AvgIpc) is 2.52. The minimum Gasteiger partial charge on any atom is -0.307 e. The third kappa shape index (κ3) is 3.52. The van der Waals surface area contributed by atoms with Gasteiger partial charge in [0, 0.05) is 12.7 Å². The molecule has 0 unspecified atom stereocenters. The first kappa shape index (κ1) is 15.3. The van der Waals surface area contributed by atoms with Gasteiger partial charge in [0.1, 0.15) is 0 Å². The summed E-state index contributed by atoms with van der Waals surface area (Å²) < 4.78 is 0. The molecule has 110 valence electrons. The highest BCUT2D eigenvalue weighted by Crippen LogP contribution is 2.18. The van der Waals surface area contributed by atoms with E-state index in [1.165, 1.54) is 6.20 Å². The van der Waals surface area contributed by atoms with Crippen molar-refractivity contribution < 1.29 is 4.79 Å². The van der Waals surface area contributed by atoms with E-state index in [-0.39, 0.29) is 11.2 Å². The molecular formula is C14H16ClN5O. The molecule has 0 aliphatic carbocycles. The van der Waals surface area contributed by atoms with Crippen LogP contribution in [0.4, 0.5) is 5.69 Å². The predicted molar refractivity (Wildman–Crippen MR) is 80.4 cm³/mol. The lowest BCUT2D eigenvalue weighted by Gasteiger charge is -2.22. The van der Waals surface area contributed by atoms with Crippen molar-refractivity contribution in [3.05, 3.63) is 41.2 Å². The van der Waals surface area contributed by atoms with Gasteiger partial charge in [-0.25, -0.2) is 9.97 Å². The van der Waals surface area contributed by atoms with Gasteiger partial charge in [-0.1, -0.05) is 13.8 Å². The Labute approximate surface area is 128 Å². The second-order valence-corrected chi connectivity index (χ2v) is 4.75. The number of nitrogens with zero attached hydrogens (tertiary/aromatic N) is 5. The van der Waals surface area contributed by atoms with E-state index in [1.54, 1.807) is 23.4 Å². The van der Waals surface area contributed by atoms with Crippen LogP contribution in [0.25, 0.3) is 0 Å². The van der Waals surface area contributed by atoms with Crippen molar-refractivity contribution in [2.24, 2.45) is 0 Å². The van der Waals surface area contributed by atoms with Crippen LogP contribution in [0.15, 0.2) is 24.7 Å². The number of aromatic nitrogens is 4. The maximum absolute atomic E-state index is 12.8. The predicted octanol–water partition coefficient (Wildman–Crippen LogP) is 2.54. The van der Waals surface area contributed by atoms with Gasteiger partial charge in [-0.3, -0.25) is 4.79 Å². The summed E-state index contributed by atoms with van der Waals surface area (Å²) in [6.07, 6.45) is 6.04. The number of hydrogen-bond donors (Lipinski definition) is 0. The molecule has 7 heteroatoms. The van der Waals surface area contributed by atoms with Gasteiger partial charge < -0.3 is 4.90 Å². The lowest BCUT2D eigenvalue weighted by molar-refractivity contribution is 0.0985. The molecule has 0 aliphatic rings. The second kappa shape index (κ2) is 7.08. The molecule has 2 aromatic heterocycles. The summed E-state index contributed by atoms with van der Waals surface area (Å²) in [7, 11) is 0. The SMILES string of the molecule is CCCN(C(=O)c1cnc(Cl)nc1CC)c1ccnnc1. The van der Waals surface area contributed by atoms with E-state index < -0.39 is 0 Å². The Morgan fingerprint density at radius 1 is 1.29 bits per heavy atom. The monoisotopic (exact) mass is 305 g/mol. The van der Waals surface area contributed by atoms with Crippen LogP contribution in [-0.2, 0) is 6.42 Å². The maximum Gasteiger partial charge on any atom is 0.261 e. The molecule has 1 amide bonds. The molecule has 0 radical (unpaired) electrons. The van der Waals surface area contributed by atoms with Crippen molar-refractivity contribution in [3.63, 3.8) is 0 Å². The lowest BCUT2D eigenvalue weighted by atomic mass is 10.1. The normalized spacial score (nSPS) is 10.4. The number of hydrogen-bond acceptors (Lipinski definition) is 5. The van der Waals surface area contributed by atoms with Gasteiger partial charge in [-0.2, -0.15) is 10.2 Å². The molecule has 21 heavy (non-hydrogen) atoms. The molecule has 0 aromatic carbocycles. The summed E-state index contributed by atoms with van der Waals surface area (Å²) in [6.45, 7) is 4.51. The van der Waals surface area contributed by atoms with Gasteiger partial charge >= 0.3 is 0 Å². The minimum absolute atomic E-state index is 0.149. The molecule has 0 spiro atoms. The van der Waals surface area contributed by atoms with Crippen LogP contribution >= 0.6 is 11.6 Å². The van der Waals surface area contributed by atoms with Crippen molar-refractivity contribution in [1.29, 1.82) is 0 Å². The quantitative estimate of drug-likeness (QED) is 0.794. The third-order valence-electron chi connectivity index (χ3n) is 2.98. The first-order chi connectivity index (χ1) is 10.2. The Kier molecular flexibility index (Phi) is 5.16. The van der Waals surface area contributed by atoms with Crippen LogP contribution in [0.5, 0.6) is 0 Å². The molecule has 2 aromatic rings. The van der Waals surface area contributed by atoms with Crippen molar-refractivity contribution in [2.75, 3.05) is 11.4 Å². The molecule has 0 fully saturated rings. The minimum atomic E-state index is -0.154. The Morgan fingerprint density at radius 3 is 2.71 bits per heavy atom. The molecule has 0 saturated heterocycles. The summed E-state index contributed by atoms with van der Waals surface area (Å²) in [6, 6.07) is 1.75. The van der Waals surface area contributed by atoms with Crippen LogP contribution in [0, 0.1) is 0 Å². The van der Waals surface area contributed by atoms with E-state index in [1.807, 2.05) is 13.8 Å². The maximum atomic E-state index is 12.8. The highest BCUT2D eigenvalue weighted by Gasteiger charge is 2.21. The van der Waals surface area contributed by atoms with E-state index in [9.17, 15) is 4.79 Å². The number of halogens is 1. The zero-order valence-electron chi connectivity index (χ0n) is 12.0. The number of carbonyl (C=O) groups excluding carboxylic acids is 1. The van der Waals surface area contributed by atoms with E-state index in [4.69, 9.17) is 11.6 Å². The Balaban J connectivity index is 2.39. The molecule has 6 nitrogen and oxygen atoms in total. The Bertz CT molecular complexity index is 620. The van der Waals surface area contributed by atoms with Crippen LogP contribution < -0.4 is 4.90 Å². The molecule has 2 heterocycles. The fourth-order valence-electron chi connectivity index (χ4n) is 2.00. The third-order valence-corrected chi connectivity index (χ3v) is 3.16. The van der Waals surface area contributed by atoms with Crippen LogP contribution in [0.1, 0.15) is 36.3 Å². The van der Waals surface area contributed by atoms with Gasteiger partial charge in [0.15, 0.2) is 0 Å². The average molecular weight is 306 g/mol. The number of amides is 1. The van der Waals surface area contributed by atoms with Gasteiger partial charge in [0.25, 0.3) is 5.91 Å². The lowest BCUT2D eigenvalue weighted by Crippen LogP contribution is -2.33. The zero-order valence-corrected chi connectivity index (χ0v) is 12.7. The molecular weight excluding hydrogens is 290 g/mol. The number of carbonyl (C=O) groups is 1. The molecule has 0 atom stereocenters. The van der Waals surface area contributed by atoms with Gasteiger partial charge in [0.2, 0.25) is 5.28 Å². The van der Waals surface area contributed by atoms with E-state index in [0.717, 1.165) is 6.42 Å². The van der Waals surface area contributed by atoms with Crippen LogP contribution in [0.3, 0.4) is 0 Å². The van der Waals surface area contributed by atoms with E-state index in [2.05, 4.69) is 20.2 Å². The van der Waals surface area contributed by atoms with Gasteiger partial charge in [0.05, 0.1) is 29.3 Å². The summed E-state index contributed by atoms with van der Waals surface area (Å²) in [5, 5.41) is 7.71. The van der Waals surface area contributed by atoms with Crippen molar-refractivity contribution >= 4 is 23.2 Å². The molecule has 0 N–H and O–H groups in total. The largest absolute Gasteiger partial charge is 0.307 e. The summed E-state index contributed by atoms with van der Waals surface area (Å²) in [5.41, 5.74) is 1.81. The highest BCUT2D eigenvalue weighted by atomic mass is 35.5. The molecule has 2 rings (SSSR count). The Hall–Kier alpha value is -2.08. The fourth-order valence-corrected chi connectivity index (χ4v) is 2.15. The molecule has 0 saturated carbocycles. The molecule has 0 aliphatic heterocycles. The van der Waals surface area contributed by atoms with E-state index >= 15 is 0 Å². The van der Waals surface area contributed by atoms with Gasteiger partial charge in [-0.15, -0.1) is 0 Å². The summed E-state index contributed by atoms with van der Waals surface area (Å²) in [4.78, 5) is 22.5. The van der Waals surface area contributed by atoms with Crippen molar-refractivity contribution in [1.82, 2.24) is 20.2 Å². The highest BCUT2D eigenvalue weighted by molar-refractivity contribution is 6.28. The van der Waals surface area contributed by atoms with Crippen molar-refractivity contribution in [2.45, 2.75) is 26.7 Å². The topological polar surface area (TPSA) is 71.9 Å².